The largest absolute Gasteiger partial charge is 0.381 e. The third-order valence-electron chi connectivity index (χ3n) is 3.08. The Morgan fingerprint density at radius 2 is 2.20 bits per heavy atom. The van der Waals surface area contributed by atoms with E-state index in [9.17, 15) is 4.79 Å². The Balaban J connectivity index is 2.10. The Morgan fingerprint density at radius 3 is 2.85 bits per heavy atom. The molecule has 1 heterocycles. The minimum Gasteiger partial charge on any atom is -0.381 e. The van der Waals surface area contributed by atoms with Gasteiger partial charge >= 0.3 is 0 Å². The van der Waals surface area contributed by atoms with Crippen molar-refractivity contribution in [3.8, 4) is 0 Å². The number of nitrogens with zero attached hydrogens (tertiary/aromatic N) is 2. The molecule has 0 aliphatic heterocycles. The molecule has 0 aliphatic carbocycles. The number of carbonyl (C=O) groups excluding carboxylic acids is 1. The van der Waals surface area contributed by atoms with Crippen LogP contribution >= 0.6 is 0 Å². The summed E-state index contributed by atoms with van der Waals surface area (Å²) in [5, 5.41) is 10.3. The van der Waals surface area contributed by atoms with E-state index in [1.807, 2.05) is 51.5 Å². The highest BCUT2D eigenvalue weighted by Crippen LogP contribution is 2.18. The van der Waals surface area contributed by atoms with Crippen LogP contribution in [0.15, 0.2) is 30.6 Å². The smallest absolute Gasteiger partial charge is 0.251 e. The zero-order valence-electron chi connectivity index (χ0n) is 12.1. The maximum absolute atomic E-state index is 11.8. The van der Waals surface area contributed by atoms with Crippen LogP contribution in [0.1, 0.15) is 28.4 Å². The molecule has 0 fully saturated rings. The van der Waals surface area contributed by atoms with Gasteiger partial charge in [0.05, 0.1) is 6.20 Å². The summed E-state index contributed by atoms with van der Waals surface area (Å²) in [6.07, 6.45) is 3.80. The van der Waals surface area contributed by atoms with Crippen molar-refractivity contribution in [1.82, 2.24) is 15.1 Å². The lowest BCUT2D eigenvalue weighted by Gasteiger charge is -2.11. The molecule has 0 unspecified atom stereocenters. The Hall–Kier alpha value is -2.30. The van der Waals surface area contributed by atoms with E-state index in [-0.39, 0.29) is 5.91 Å². The molecule has 0 spiro atoms. The standard InChI is InChI=1S/C15H20N4O/c1-4-16-15(20)13-6-5-11(2)14(7-13)17-8-12-9-18-19(3)10-12/h5-7,9-10,17H,4,8H2,1-3H3,(H,16,20). The van der Waals surface area contributed by atoms with Crippen molar-refractivity contribution in [3.05, 3.63) is 47.3 Å². The van der Waals surface area contributed by atoms with E-state index in [2.05, 4.69) is 15.7 Å². The van der Waals surface area contributed by atoms with E-state index in [4.69, 9.17) is 0 Å². The number of amides is 1. The first-order valence-corrected chi connectivity index (χ1v) is 6.70. The van der Waals surface area contributed by atoms with E-state index in [1.165, 1.54) is 0 Å². The van der Waals surface area contributed by atoms with E-state index in [0.29, 0.717) is 18.7 Å². The first-order chi connectivity index (χ1) is 9.60. The highest BCUT2D eigenvalue weighted by molar-refractivity contribution is 5.95. The van der Waals surface area contributed by atoms with Crippen molar-refractivity contribution < 1.29 is 4.79 Å². The fourth-order valence-electron chi connectivity index (χ4n) is 1.98. The van der Waals surface area contributed by atoms with E-state index in [1.54, 1.807) is 4.68 Å². The molecule has 0 aliphatic rings. The fraction of sp³-hybridized carbons (Fsp3) is 0.333. The molecule has 5 nitrogen and oxygen atoms in total. The summed E-state index contributed by atoms with van der Waals surface area (Å²) in [6.45, 7) is 5.25. The molecule has 0 saturated heterocycles. The molecule has 20 heavy (non-hydrogen) atoms. The van der Waals surface area contributed by atoms with Crippen LogP contribution in [0.5, 0.6) is 0 Å². The predicted molar refractivity (Wildman–Crippen MR) is 79.7 cm³/mol. The maximum Gasteiger partial charge on any atom is 0.251 e. The molecule has 0 atom stereocenters. The molecule has 5 heteroatoms. The van der Waals surface area contributed by atoms with Crippen molar-refractivity contribution >= 4 is 11.6 Å². The number of hydrogen-bond acceptors (Lipinski definition) is 3. The second kappa shape index (κ2) is 6.23. The Kier molecular flexibility index (Phi) is 4.40. The molecule has 1 aromatic heterocycles. The van der Waals surface area contributed by atoms with Crippen molar-refractivity contribution in [1.29, 1.82) is 0 Å². The van der Waals surface area contributed by atoms with Crippen LogP contribution in [0.3, 0.4) is 0 Å². The van der Waals surface area contributed by atoms with Gasteiger partial charge in [0.2, 0.25) is 0 Å². The van der Waals surface area contributed by atoms with Crippen LogP contribution in [0.25, 0.3) is 0 Å². The van der Waals surface area contributed by atoms with Crippen molar-refractivity contribution in [3.63, 3.8) is 0 Å². The molecular weight excluding hydrogens is 252 g/mol. The van der Waals surface area contributed by atoms with Gasteiger partial charge in [0.1, 0.15) is 0 Å². The van der Waals surface area contributed by atoms with Crippen LogP contribution in [0.2, 0.25) is 0 Å². The molecule has 2 rings (SSSR count). The van der Waals surface area contributed by atoms with Gasteiger partial charge in [0, 0.05) is 43.1 Å². The van der Waals surface area contributed by atoms with Crippen molar-refractivity contribution in [2.45, 2.75) is 20.4 Å². The van der Waals surface area contributed by atoms with Gasteiger partial charge in [-0.2, -0.15) is 5.10 Å². The summed E-state index contributed by atoms with van der Waals surface area (Å²) in [6, 6.07) is 5.68. The quantitative estimate of drug-likeness (QED) is 0.876. The number of aryl methyl sites for hydroxylation is 2. The number of aromatic nitrogens is 2. The number of anilines is 1. The van der Waals surface area contributed by atoms with E-state index >= 15 is 0 Å². The summed E-state index contributed by atoms with van der Waals surface area (Å²) < 4.78 is 1.77. The SMILES string of the molecule is CCNC(=O)c1ccc(C)c(NCc2cnn(C)c2)c1. The lowest BCUT2D eigenvalue weighted by molar-refractivity contribution is 0.0956. The second-order valence-corrected chi connectivity index (χ2v) is 4.76. The number of carbonyl (C=O) groups is 1. The average molecular weight is 272 g/mol. The van der Waals surface area contributed by atoms with Gasteiger partial charge in [-0.05, 0) is 31.5 Å². The fourth-order valence-corrected chi connectivity index (χ4v) is 1.98. The molecule has 2 aromatic rings. The van der Waals surface area contributed by atoms with E-state index in [0.717, 1.165) is 16.8 Å². The van der Waals surface area contributed by atoms with Gasteiger partial charge in [-0.1, -0.05) is 6.07 Å². The van der Waals surface area contributed by atoms with Gasteiger partial charge < -0.3 is 10.6 Å². The molecule has 0 radical (unpaired) electrons. The monoisotopic (exact) mass is 272 g/mol. The molecule has 0 bridgehead atoms. The Bertz CT molecular complexity index is 604. The predicted octanol–water partition coefficient (Wildman–Crippen LogP) is 2.09. The van der Waals surface area contributed by atoms with Gasteiger partial charge in [-0.25, -0.2) is 0 Å². The topological polar surface area (TPSA) is 59.0 Å². The van der Waals surface area contributed by atoms with Gasteiger partial charge in [-0.3, -0.25) is 9.48 Å². The van der Waals surface area contributed by atoms with E-state index < -0.39 is 0 Å². The van der Waals surface area contributed by atoms with Crippen LogP contribution in [0.4, 0.5) is 5.69 Å². The Labute approximate surface area is 119 Å². The maximum atomic E-state index is 11.8. The lowest BCUT2D eigenvalue weighted by Crippen LogP contribution is -2.22. The first-order valence-electron chi connectivity index (χ1n) is 6.70. The van der Waals surface area contributed by atoms with Gasteiger partial charge in [0.25, 0.3) is 5.91 Å². The van der Waals surface area contributed by atoms with Crippen LogP contribution in [0, 0.1) is 6.92 Å². The first kappa shape index (κ1) is 14.1. The van der Waals surface area contributed by atoms with Crippen LogP contribution < -0.4 is 10.6 Å². The number of hydrogen-bond donors (Lipinski definition) is 2. The third kappa shape index (κ3) is 3.38. The molecule has 1 amide bonds. The van der Waals surface area contributed by atoms with Crippen molar-refractivity contribution in [2.75, 3.05) is 11.9 Å². The number of rotatable bonds is 5. The molecule has 106 valence electrons. The minimum atomic E-state index is -0.0445. The zero-order valence-corrected chi connectivity index (χ0v) is 12.1. The van der Waals surface area contributed by atoms with Gasteiger partial charge in [-0.15, -0.1) is 0 Å². The highest BCUT2D eigenvalue weighted by Gasteiger charge is 2.07. The lowest BCUT2D eigenvalue weighted by atomic mass is 10.1. The van der Waals surface area contributed by atoms with Crippen LogP contribution in [-0.4, -0.2) is 22.2 Å². The van der Waals surface area contributed by atoms with Gasteiger partial charge in [0.15, 0.2) is 0 Å². The summed E-state index contributed by atoms with van der Waals surface area (Å²) in [5.41, 5.74) is 3.86. The zero-order chi connectivity index (χ0) is 14.5. The molecule has 2 N–H and O–H groups in total. The molecular formula is C15H20N4O. The number of benzene rings is 1. The molecule has 1 aromatic carbocycles. The Morgan fingerprint density at radius 1 is 1.40 bits per heavy atom. The molecule has 0 saturated carbocycles. The summed E-state index contributed by atoms with van der Waals surface area (Å²) >= 11 is 0. The summed E-state index contributed by atoms with van der Waals surface area (Å²) in [7, 11) is 1.89. The summed E-state index contributed by atoms with van der Waals surface area (Å²) in [4.78, 5) is 11.8. The van der Waals surface area contributed by atoms with Crippen LogP contribution in [-0.2, 0) is 13.6 Å². The number of nitrogens with one attached hydrogen (secondary N) is 2. The third-order valence-corrected chi connectivity index (χ3v) is 3.08. The van der Waals surface area contributed by atoms with Crippen molar-refractivity contribution in [2.24, 2.45) is 7.05 Å². The minimum absolute atomic E-state index is 0.0445. The average Bonchev–Trinajstić information content (AvgIpc) is 2.84. The highest BCUT2D eigenvalue weighted by atomic mass is 16.1. The second-order valence-electron chi connectivity index (χ2n) is 4.76. The summed E-state index contributed by atoms with van der Waals surface area (Å²) in [5.74, 6) is -0.0445. The normalized spacial score (nSPS) is 10.3.